The van der Waals surface area contributed by atoms with Crippen molar-refractivity contribution in [1.29, 1.82) is 0 Å². The number of amides is 2. The van der Waals surface area contributed by atoms with Crippen molar-refractivity contribution >= 4 is 11.8 Å². The van der Waals surface area contributed by atoms with Gasteiger partial charge < -0.3 is 24.6 Å². The molecule has 1 fully saturated rings. The second-order valence-corrected chi connectivity index (χ2v) is 8.10. The van der Waals surface area contributed by atoms with Crippen LogP contribution in [0.2, 0.25) is 0 Å². The van der Waals surface area contributed by atoms with E-state index in [9.17, 15) is 28.3 Å². The molecule has 1 saturated heterocycles. The Morgan fingerprint density at radius 2 is 1.97 bits per heavy atom. The summed E-state index contributed by atoms with van der Waals surface area (Å²) in [4.78, 5) is 39.8. The third-order valence-electron chi connectivity index (χ3n) is 6.07. The molecule has 8 nitrogen and oxygen atoms in total. The molecule has 4 rings (SSSR count). The molecule has 10 heteroatoms. The number of fused-ring (bicyclic) bond motifs is 4. The summed E-state index contributed by atoms with van der Waals surface area (Å²) in [5.41, 5.74) is -1.61. The summed E-state index contributed by atoms with van der Waals surface area (Å²) in [6, 6.07) is 1.87. The fourth-order valence-corrected chi connectivity index (χ4v) is 4.40. The average molecular weight is 447 g/mol. The van der Waals surface area contributed by atoms with Crippen LogP contribution in [0.3, 0.4) is 0 Å². The average Bonchev–Trinajstić information content (AvgIpc) is 2.93. The summed E-state index contributed by atoms with van der Waals surface area (Å²) >= 11 is 0. The van der Waals surface area contributed by atoms with Crippen molar-refractivity contribution in [2.45, 2.75) is 38.5 Å². The van der Waals surface area contributed by atoms with Gasteiger partial charge in [-0.1, -0.05) is 0 Å². The van der Waals surface area contributed by atoms with Gasteiger partial charge in [0.25, 0.3) is 11.8 Å². The van der Waals surface area contributed by atoms with Crippen LogP contribution in [0.25, 0.3) is 0 Å². The molecular formula is C22H23F2N3O5. The lowest BCUT2D eigenvalue weighted by Crippen LogP contribution is -2.47. The summed E-state index contributed by atoms with van der Waals surface area (Å²) in [5, 5.41) is 12.9. The van der Waals surface area contributed by atoms with Gasteiger partial charge in [-0.2, -0.15) is 0 Å². The largest absolute Gasteiger partial charge is 0.503 e. The van der Waals surface area contributed by atoms with Crippen LogP contribution in [0.4, 0.5) is 8.78 Å². The zero-order chi connectivity index (χ0) is 23.2. The highest BCUT2D eigenvalue weighted by Crippen LogP contribution is 2.33. The monoisotopic (exact) mass is 447 g/mol. The Balaban J connectivity index is 1.70. The number of aromatic nitrogens is 1. The number of rotatable bonds is 4. The Labute approximate surface area is 182 Å². The van der Waals surface area contributed by atoms with E-state index in [-0.39, 0.29) is 17.4 Å². The zero-order valence-corrected chi connectivity index (χ0v) is 17.7. The molecule has 1 aromatic heterocycles. The lowest BCUT2D eigenvalue weighted by Gasteiger charge is -2.36. The van der Waals surface area contributed by atoms with Gasteiger partial charge in [0.2, 0.25) is 5.43 Å². The number of nitrogens with one attached hydrogen (secondary N) is 1. The molecule has 2 N–H and O–H groups in total. The Hall–Kier alpha value is -3.27. The van der Waals surface area contributed by atoms with Crippen LogP contribution in [0.15, 0.2) is 23.1 Å². The van der Waals surface area contributed by atoms with Crippen molar-refractivity contribution in [3.8, 4) is 5.75 Å². The third-order valence-corrected chi connectivity index (χ3v) is 6.07. The van der Waals surface area contributed by atoms with E-state index in [0.717, 1.165) is 12.1 Å². The minimum absolute atomic E-state index is 0.192. The SMILES string of the molecule is CO[C@@H]1CCCN2CC1n1cc(C(=O)NCc3c(F)cc(C)cc3F)c(=O)c(O)c1C2=O. The predicted octanol–water partition coefficient (Wildman–Crippen LogP) is 1.88. The topological polar surface area (TPSA) is 101 Å². The van der Waals surface area contributed by atoms with Crippen LogP contribution in [0.1, 0.15) is 50.9 Å². The van der Waals surface area contributed by atoms with Crippen molar-refractivity contribution in [2.75, 3.05) is 20.2 Å². The predicted molar refractivity (Wildman–Crippen MR) is 110 cm³/mol. The van der Waals surface area contributed by atoms with Crippen molar-refractivity contribution in [2.24, 2.45) is 0 Å². The summed E-state index contributed by atoms with van der Waals surface area (Å²) < 4.78 is 35.1. The standard InChI is InChI=1S/C22H23F2N3O5/c1-11-6-14(23)12(15(24)7-11)8-25-21(30)13-9-27-16-10-26(5-3-4-17(16)32-2)22(31)18(27)20(29)19(13)28/h6-7,9,16-17,29H,3-5,8,10H2,1-2H3,(H,25,30)/t16?,17-/m1/s1. The number of methoxy groups -OCH3 is 1. The van der Waals surface area contributed by atoms with E-state index in [1.165, 1.54) is 24.8 Å². The van der Waals surface area contributed by atoms with E-state index in [4.69, 9.17) is 4.74 Å². The van der Waals surface area contributed by atoms with Gasteiger partial charge in [0.05, 0.1) is 12.1 Å². The summed E-state index contributed by atoms with van der Waals surface area (Å²) in [6.45, 7) is 1.83. The maximum Gasteiger partial charge on any atom is 0.274 e. The van der Waals surface area contributed by atoms with Crippen molar-refractivity contribution < 1.29 is 28.2 Å². The summed E-state index contributed by atoms with van der Waals surface area (Å²) in [7, 11) is 1.54. The lowest BCUT2D eigenvalue weighted by atomic mass is 10.0. The number of ether oxygens (including phenoxy) is 1. The number of carbonyl (C=O) groups is 2. The second-order valence-electron chi connectivity index (χ2n) is 8.10. The second kappa shape index (κ2) is 8.34. The molecule has 2 aliphatic heterocycles. The minimum Gasteiger partial charge on any atom is -0.503 e. The number of halogens is 2. The minimum atomic E-state index is -1.03. The van der Waals surface area contributed by atoms with Crippen LogP contribution >= 0.6 is 0 Å². The lowest BCUT2D eigenvalue weighted by molar-refractivity contribution is 0.0352. The van der Waals surface area contributed by atoms with Crippen molar-refractivity contribution in [3.05, 3.63) is 62.6 Å². The number of aryl methyl sites for hydroxylation is 1. The Bertz CT molecular complexity index is 1140. The first-order valence-corrected chi connectivity index (χ1v) is 10.3. The fraction of sp³-hybridized carbons (Fsp3) is 0.409. The van der Waals surface area contributed by atoms with Crippen LogP contribution in [0, 0.1) is 18.6 Å². The maximum atomic E-state index is 14.1. The zero-order valence-electron chi connectivity index (χ0n) is 17.7. The van der Waals surface area contributed by atoms with Gasteiger partial charge in [-0.05, 0) is 37.5 Å². The molecule has 0 saturated carbocycles. The molecule has 3 heterocycles. The molecule has 0 spiro atoms. The molecule has 32 heavy (non-hydrogen) atoms. The van der Waals surface area contributed by atoms with Crippen molar-refractivity contribution in [3.63, 3.8) is 0 Å². The first-order valence-electron chi connectivity index (χ1n) is 10.3. The molecule has 2 amide bonds. The molecule has 2 bridgehead atoms. The van der Waals surface area contributed by atoms with E-state index in [0.29, 0.717) is 31.5 Å². The van der Waals surface area contributed by atoms with E-state index >= 15 is 0 Å². The Kier molecular flexibility index (Phi) is 5.72. The normalized spacial score (nSPS) is 20.0. The number of carbonyl (C=O) groups excluding carboxylic acids is 2. The van der Waals surface area contributed by atoms with E-state index < -0.39 is 52.8 Å². The molecule has 0 radical (unpaired) electrons. The first kappa shape index (κ1) is 21.9. The van der Waals surface area contributed by atoms with Gasteiger partial charge in [0.15, 0.2) is 11.4 Å². The first-order chi connectivity index (χ1) is 15.2. The van der Waals surface area contributed by atoms with Crippen LogP contribution in [0.5, 0.6) is 5.75 Å². The van der Waals surface area contributed by atoms with E-state index in [1.807, 2.05) is 0 Å². The molecule has 2 aliphatic rings. The number of hydrogen-bond acceptors (Lipinski definition) is 5. The number of pyridine rings is 1. The van der Waals surface area contributed by atoms with Crippen LogP contribution in [-0.4, -0.2) is 52.7 Å². The quantitative estimate of drug-likeness (QED) is 0.746. The molecule has 2 aromatic rings. The number of hydrogen-bond donors (Lipinski definition) is 2. The molecule has 1 aromatic carbocycles. The highest BCUT2D eigenvalue weighted by atomic mass is 19.1. The third kappa shape index (κ3) is 3.64. The number of nitrogens with zero attached hydrogens (tertiary/aromatic N) is 2. The van der Waals surface area contributed by atoms with Gasteiger partial charge in [-0.3, -0.25) is 14.4 Å². The fourth-order valence-electron chi connectivity index (χ4n) is 4.40. The van der Waals surface area contributed by atoms with Gasteiger partial charge in [0.1, 0.15) is 17.2 Å². The Morgan fingerprint density at radius 1 is 1.28 bits per heavy atom. The van der Waals surface area contributed by atoms with Crippen LogP contribution < -0.4 is 10.7 Å². The van der Waals surface area contributed by atoms with E-state index in [1.54, 1.807) is 4.90 Å². The smallest absolute Gasteiger partial charge is 0.274 e. The van der Waals surface area contributed by atoms with Gasteiger partial charge in [-0.15, -0.1) is 0 Å². The number of benzene rings is 1. The van der Waals surface area contributed by atoms with Gasteiger partial charge in [-0.25, -0.2) is 8.78 Å². The highest BCUT2D eigenvalue weighted by Gasteiger charge is 2.40. The maximum absolute atomic E-state index is 14.1. The molecule has 1 unspecified atom stereocenters. The van der Waals surface area contributed by atoms with E-state index in [2.05, 4.69) is 5.32 Å². The molecule has 170 valence electrons. The number of aromatic hydroxyl groups is 1. The molecule has 0 aliphatic carbocycles. The summed E-state index contributed by atoms with van der Waals surface area (Å²) in [5.74, 6) is -3.89. The molecule has 2 atom stereocenters. The van der Waals surface area contributed by atoms with Gasteiger partial charge >= 0.3 is 0 Å². The highest BCUT2D eigenvalue weighted by molar-refractivity contribution is 5.99. The summed E-state index contributed by atoms with van der Waals surface area (Å²) in [6.07, 6.45) is 2.28. The van der Waals surface area contributed by atoms with Crippen LogP contribution in [-0.2, 0) is 11.3 Å². The molecular weight excluding hydrogens is 424 g/mol. The Morgan fingerprint density at radius 3 is 2.62 bits per heavy atom. The van der Waals surface area contributed by atoms with Gasteiger partial charge in [0, 0.05) is 38.5 Å². The van der Waals surface area contributed by atoms with Crippen molar-refractivity contribution in [1.82, 2.24) is 14.8 Å².